The Kier molecular flexibility index (Phi) is 5.93. The minimum absolute atomic E-state index is 0.292. The molecule has 0 amide bonds. The first-order chi connectivity index (χ1) is 12.2. The predicted octanol–water partition coefficient (Wildman–Crippen LogP) is -1.14. The molecule has 0 aliphatic carbocycles. The summed E-state index contributed by atoms with van der Waals surface area (Å²) in [6.07, 6.45) is -3.36. The van der Waals surface area contributed by atoms with Crippen LogP contribution in [0, 0.1) is 0 Å². The third-order valence-corrected chi connectivity index (χ3v) is 3.47. The predicted molar refractivity (Wildman–Crippen MR) is 83.0 cm³/mol. The van der Waals surface area contributed by atoms with E-state index in [0.29, 0.717) is 0 Å². The average molecular weight is 371 g/mol. The molecule has 0 radical (unpaired) electrons. The number of carbonyl (C=O) groups is 3. The standard InChI is InChI=1S/C15H18N2O9/c1-7(18)23-6-10-12(24-8(2)19)13(25-9(3)20)14(26-10)17-5-4-11(21)16-15(17)22/h4-5,10,12-14H,6H2,1-3H3,(H,16,21,22)/t10-,12-,13-,14-/m1/s1/i16+1. The van der Waals surface area contributed by atoms with Gasteiger partial charge in [-0.05, 0) is 0 Å². The number of aromatic amines is 1. The zero-order valence-corrected chi connectivity index (χ0v) is 14.3. The van der Waals surface area contributed by atoms with E-state index in [9.17, 15) is 24.0 Å². The molecule has 2 rings (SSSR count). The van der Waals surface area contributed by atoms with Gasteiger partial charge in [0.05, 0.1) is 0 Å². The summed E-state index contributed by atoms with van der Waals surface area (Å²) in [7, 11) is 0. The topological polar surface area (TPSA) is 143 Å². The van der Waals surface area contributed by atoms with Crippen LogP contribution in [0.15, 0.2) is 21.9 Å². The quantitative estimate of drug-likeness (QED) is 0.502. The minimum atomic E-state index is -1.20. The highest BCUT2D eigenvalue weighted by Gasteiger charge is 2.50. The van der Waals surface area contributed by atoms with Crippen molar-refractivity contribution in [2.24, 2.45) is 0 Å². The number of hydrogen-bond acceptors (Lipinski definition) is 9. The second-order valence-electron chi connectivity index (χ2n) is 5.53. The Labute approximate surface area is 146 Å². The molecule has 11 nitrogen and oxygen atoms in total. The summed E-state index contributed by atoms with van der Waals surface area (Å²) in [5, 5.41) is 0. The van der Waals surface area contributed by atoms with E-state index in [1.54, 1.807) is 0 Å². The number of H-pyrrole nitrogens is 1. The van der Waals surface area contributed by atoms with Gasteiger partial charge in [-0.3, -0.25) is 28.7 Å². The average Bonchev–Trinajstić information content (AvgIpc) is 2.82. The van der Waals surface area contributed by atoms with Gasteiger partial charge in [0, 0.05) is 33.0 Å². The normalized spacial score (nSPS) is 24.7. The van der Waals surface area contributed by atoms with Crippen molar-refractivity contribution in [2.75, 3.05) is 6.61 Å². The molecule has 1 aliphatic heterocycles. The second-order valence-corrected chi connectivity index (χ2v) is 5.53. The summed E-state index contributed by atoms with van der Waals surface area (Å²) in [4.78, 5) is 59.3. The molecule has 4 atom stereocenters. The van der Waals surface area contributed by atoms with Crippen LogP contribution in [-0.4, -0.2) is 52.4 Å². The molecule has 1 N–H and O–H groups in total. The van der Waals surface area contributed by atoms with E-state index in [0.717, 1.165) is 30.7 Å². The third-order valence-electron chi connectivity index (χ3n) is 3.47. The lowest BCUT2D eigenvalue weighted by atomic mass is 10.1. The Morgan fingerprint density at radius 3 is 2.23 bits per heavy atom. The van der Waals surface area contributed by atoms with E-state index >= 15 is 0 Å². The van der Waals surface area contributed by atoms with Gasteiger partial charge in [0.15, 0.2) is 18.4 Å². The lowest BCUT2D eigenvalue weighted by Gasteiger charge is -2.23. The lowest BCUT2D eigenvalue weighted by molar-refractivity contribution is -0.166. The molecule has 0 bridgehead atoms. The smallest absolute Gasteiger partial charge is 0.330 e. The summed E-state index contributed by atoms with van der Waals surface area (Å²) in [6.45, 7) is 3.17. The van der Waals surface area contributed by atoms with Crippen LogP contribution in [0.2, 0.25) is 0 Å². The van der Waals surface area contributed by atoms with Gasteiger partial charge in [-0.25, -0.2) is 4.79 Å². The van der Waals surface area contributed by atoms with Crippen LogP contribution >= 0.6 is 0 Å². The summed E-state index contributed by atoms with van der Waals surface area (Å²) in [5.74, 6) is -1.98. The summed E-state index contributed by atoms with van der Waals surface area (Å²) in [6, 6.07) is 1.08. The van der Waals surface area contributed by atoms with E-state index in [-0.39, 0.29) is 6.61 Å². The van der Waals surface area contributed by atoms with Gasteiger partial charge in [-0.15, -0.1) is 0 Å². The maximum atomic E-state index is 12.1. The SMILES string of the molecule is CC(=O)OC[C@H]1O[C@@H](n2ccc(=O)[15nH]c2=O)[C@H](OC(C)=O)[C@@H]1OC(C)=O. The number of rotatable bonds is 5. The zero-order valence-electron chi connectivity index (χ0n) is 14.3. The van der Waals surface area contributed by atoms with E-state index in [4.69, 9.17) is 18.9 Å². The van der Waals surface area contributed by atoms with Crippen molar-refractivity contribution in [1.29, 1.82) is 0 Å². The molecule has 142 valence electrons. The molecule has 26 heavy (non-hydrogen) atoms. The van der Waals surface area contributed by atoms with E-state index in [2.05, 4.69) is 0 Å². The maximum absolute atomic E-state index is 12.1. The van der Waals surface area contributed by atoms with Crippen LogP contribution in [0.5, 0.6) is 0 Å². The Hall–Kier alpha value is -2.95. The van der Waals surface area contributed by atoms with Crippen molar-refractivity contribution in [3.63, 3.8) is 0 Å². The molecule has 1 aliphatic rings. The highest BCUT2D eigenvalue weighted by atomic mass is 16.7. The molecule has 0 unspecified atom stereocenters. The maximum Gasteiger partial charge on any atom is 0.330 e. The van der Waals surface area contributed by atoms with Crippen molar-refractivity contribution in [3.05, 3.63) is 33.1 Å². The molecular weight excluding hydrogens is 353 g/mol. The van der Waals surface area contributed by atoms with E-state index < -0.39 is 53.7 Å². The number of esters is 3. The fraction of sp³-hybridized carbons (Fsp3) is 0.533. The van der Waals surface area contributed by atoms with Gasteiger partial charge in [-0.2, -0.15) is 0 Å². The molecule has 0 spiro atoms. The molecule has 0 aromatic carbocycles. The van der Waals surface area contributed by atoms with Crippen molar-refractivity contribution in [1.82, 2.24) is 9.55 Å². The Morgan fingerprint density at radius 1 is 1.08 bits per heavy atom. The van der Waals surface area contributed by atoms with Gasteiger partial charge in [0.1, 0.15) is 12.7 Å². The Balaban J connectivity index is 2.41. The van der Waals surface area contributed by atoms with Gasteiger partial charge < -0.3 is 18.9 Å². The van der Waals surface area contributed by atoms with Crippen molar-refractivity contribution < 1.29 is 33.3 Å². The van der Waals surface area contributed by atoms with Crippen molar-refractivity contribution >= 4 is 17.9 Å². The molecule has 11 heteroatoms. The van der Waals surface area contributed by atoms with Gasteiger partial charge in [0.2, 0.25) is 0 Å². The number of nitrogens with one attached hydrogen (secondary N) is 1. The molecule has 2 heterocycles. The van der Waals surface area contributed by atoms with Gasteiger partial charge >= 0.3 is 23.6 Å². The first-order valence-corrected chi connectivity index (χ1v) is 7.63. The fourth-order valence-electron chi connectivity index (χ4n) is 2.54. The second kappa shape index (κ2) is 7.95. The Bertz CT molecular complexity index is 812. The first-order valence-electron chi connectivity index (χ1n) is 7.63. The summed E-state index contributed by atoms with van der Waals surface area (Å²) in [5.41, 5.74) is -1.43. The van der Waals surface area contributed by atoms with Crippen LogP contribution in [0.25, 0.3) is 0 Å². The van der Waals surface area contributed by atoms with Crippen LogP contribution < -0.4 is 11.2 Å². The van der Waals surface area contributed by atoms with Crippen LogP contribution in [0.4, 0.5) is 0 Å². The minimum Gasteiger partial charge on any atom is -0.463 e. The summed E-state index contributed by atoms with van der Waals surface area (Å²) >= 11 is 0. The van der Waals surface area contributed by atoms with Crippen LogP contribution in [-0.2, 0) is 33.3 Å². The molecular formula is C15H18N2O9. The van der Waals surface area contributed by atoms with Crippen molar-refractivity contribution in [3.8, 4) is 0 Å². The largest absolute Gasteiger partial charge is 0.463 e. The first kappa shape index (κ1) is 19.4. The van der Waals surface area contributed by atoms with Crippen molar-refractivity contribution in [2.45, 2.75) is 45.3 Å². The fourth-order valence-corrected chi connectivity index (χ4v) is 2.54. The van der Waals surface area contributed by atoms with Crippen LogP contribution in [0.3, 0.4) is 0 Å². The van der Waals surface area contributed by atoms with E-state index in [1.165, 1.54) is 6.92 Å². The molecule has 1 fully saturated rings. The molecule has 1 aromatic heterocycles. The lowest BCUT2D eigenvalue weighted by Crippen LogP contribution is -2.42. The van der Waals surface area contributed by atoms with Gasteiger partial charge in [0.25, 0.3) is 5.56 Å². The monoisotopic (exact) mass is 371 g/mol. The highest BCUT2D eigenvalue weighted by molar-refractivity contribution is 5.67. The highest BCUT2D eigenvalue weighted by Crippen LogP contribution is 2.33. The molecule has 0 saturated carbocycles. The zero-order chi connectivity index (χ0) is 19.4. The third kappa shape index (κ3) is 4.57. The molecule has 1 aromatic rings. The number of carbonyl (C=O) groups excluding carboxylic acids is 3. The number of hydrogen-bond donors (Lipinski definition) is 1. The molecule has 1 saturated heterocycles. The van der Waals surface area contributed by atoms with E-state index in [1.807, 2.05) is 4.98 Å². The number of nitrogens with zero attached hydrogens (tertiary/aromatic N) is 1. The van der Waals surface area contributed by atoms with Gasteiger partial charge in [-0.1, -0.05) is 0 Å². The number of ether oxygens (including phenoxy) is 4. The van der Waals surface area contributed by atoms with Crippen LogP contribution in [0.1, 0.15) is 27.0 Å². The Morgan fingerprint density at radius 2 is 1.69 bits per heavy atom. The number of aromatic nitrogens is 2. The summed E-state index contributed by atoms with van der Waals surface area (Å²) < 4.78 is 21.9.